The second-order valence-corrected chi connectivity index (χ2v) is 11.0. The predicted molar refractivity (Wildman–Crippen MR) is 119 cm³/mol. The summed E-state index contributed by atoms with van der Waals surface area (Å²) in [5, 5.41) is 4.05. The summed E-state index contributed by atoms with van der Waals surface area (Å²) in [5.41, 5.74) is 1.83. The first-order chi connectivity index (χ1) is 15.3. The zero-order valence-electron chi connectivity index (χ0n) is 18.3. The van der Waals surface area contributed by atoms with E-state index in [1.54, 1.807) is 30.5 Å². The summed E-state index contributed by atoms with van der Waals surface area (Å²) in [4.78, 5) is 11.4. The minimum Gasteiger partial charge on any atom is -0.477 e. The predicted octanol–water partition coefficient (Wildman–Crippen LogP) is 3.42. The van der Waals surface area contributed by atoms with Gasteiger partial charge < -0.3 is 14.2 Å². The molecule has 0 N–H and O–H groups in total. The number of benzene rings is 1. The van der Waals surface area contributed by atoms with Crippen molar-refractivity contribution in [3.05, 3.63) is 48.4 Å². The van der Waals surface area contributed by atoms with Gasteiger partial charge in [-0.25, -0.2) is 13.4 Å². The fourth-order valence-electron chi connectivity index (χ4n) is 4.35. The number of piperidine rings is 1. The van der Waals surface area contributed by atoms with E-state index in [-0.39, 0.29) is 5.92 Å². The highest BCUT2D eigenvalue weighted by atomic mass is 32.2. The van der Waals surface area contributed by atoms with Gasteiger partial charge in [0.05, 0.1) is 11.5 Å². The maximum Gasteiger partial charge on any atom is 0.324 e. The molecule has 1 saturated heterocycles. The normalized spacial score (nSPS) is 22.2. The van der Waals surface area contributed by atoms with Crippen molar-refractivity contribution < 1.29 is 17.7 Å². The molecule has 0 bridgehead atoms. The van der Waals surface area contributed by atoms with Crippen LogP contribution in [0.25, 0.3) is 11.1 Å². The van der Waals surface area contributed by atoms with Crippen LogP contribution >= 0.6 is 0 Å². The molecule has 168 valence electrons. The summed E-state index contributed by atoms with van der Waals surface area (Å²) in [7, 11) is -3.20. The molecule has 5 rings (SSSR count). The van der Waals surface area contributed by atoms with Gasteiger partial charge in [0.15, 0.2) is 15.7 Å². The first-order valence-electron chi connectivity index (χ1n) is 10.8. The summed E-state index contributed by atoms with van der Waals surface area (Å²) in [6.45, 7) is 6.61. The second kappa shape index (κ2) is 7.88. The van der Waals surface area contributed by atoms with Crippen molar-refractivity contribution in [2.24, 2.45) is 17.8 Å². The van der Waals surface area contributed by atoms with Crippen LogP contribution in [0.4, 0.5) is 6.01 Å². The van der Waals surface area contributed by atoms with Gasteiger partial charge in [-0.15, -0.1) is 0 Å². The van der Waals surface area contributed by atoms with Crippen LogP contribution in [0.3, 0.4) is 0 Å². The molecule has 9 heteroatoms. The number of nitrogens with zero attached hydrogens (tertiary/aromatic N) is 4. The maximum absolute atomic E-state index is 11.6. The highest BCUT2D eigenvalue weighted by Crippen LogP contribution is 2.52. The molecule has 2 aromatic heterocycles. The number of hydrogen-bond acceptors (Lipinski definition) is 8. The monoisotopic (exact) mass is 454 g/mol. The smallest absolute Gasteiger partial charge is 0.324 e. The van der Waals surface area contributed by atoms with Crippen molar-refractivity contribution in [2.75, 3.05) is 30.9 Å². The van der Waals surface area contributed by atoms with Crippen molar-refractivity contribution in [1.29, 1.82) is 0 Å². The molecule has 1 unspecified atom stereocenters. The summed E-state index contributed by atoms with van der Waals surface area (Å²) in [5.74, 6) is 3.33. The van der Waals surface area contributed by atoms with Gasteiger partial charge in [0.25, 0.3) is 0 Å². The molecule has 2 aliphatic rings. The first-order valence-corrected chi connectivity index (χ1v) is 12.7. The number of pyridine rings is 1. The van der Waals surface area contributed by atoms with Crippen LogP contribution in [0.15, 0.2) is 52.0 Å². The average Bonchev–Trinajstić information content (AvgIpc) is 3.16. The number of rotatable bonds is 7. The minimum absolute atomic E-state index is 0.261. The summed E-state index contributed by atoms with van der Waals surface area (Å²) in [6.07, 6.45) is 2.96. The van der Waals surface area contributed by atoms with Gasteiger partial charge in [0, 0.05) is 49.0 Å². The Morgan fingerprint density at radius 1 is 1.09 bits per heavy atom. The highest BCUT2D eigenvalue weighted by molar-refractivity contribution is 7.90. The van der Waals surface area contributed by atoms with Crippen LogP contribution in [0, 0.1) is 17.8 Å². The standard InChI is InChI=1S/C23H26N4O4S/c1-14(2)22-25-23(31-26-22)27-11-18-19(12-27)20(18)13-30-21-9-6-16(10-24-21)15-4-7-17(8-5-15)32(3,28)29/h4-10,14,18-20H,11-13H2,1-3H3/t18-,19?,20+/m1/s1. The average molecular weight is 455 g/mol. The van der Waals surface area contributed by atoms with Gasteiger partial charge in [0.1, 0.15) is 0 Å². The Morgan fingerprint density at radius 3 is 2.34 bits per heavy atom. The van der Waals surface area contributed by atoms with Gasteiger partial charge in [0.2, 0.25) is 5.88 Å². The number of aromatic nitrogens is 3. The maximum atomic E-state index is 11.6. The van der Waals surface area contributed by atoms with E-state index in [0.29, 0.717) is 41.2 Å². The van der Waals surface area contributed by atoms with Crippen LogP contribution < -0.4 is 9.64 Å². The number of ether oxygens (including phenoxy) is 1. The van der Waals surface area contributed by atoms with Crippen molar-refractivity contribution in [3.8, 4) is 17.0 Å². The molecular formula is C23H26N4O4S. The molecule has 8 nitrogen and oxygen atoms in total. The number of fused-ring (bicyclic) bond motifs is 1. The molecule has 2 fully saturated rings. The first kappa shape index (κ1) is 20.9. The van der Waals surface area contributed by atoms with Crippen LogP contribution in [0.1, 0.15) is 25.6 Å². The van der Waals surface area contributed by atoms with Crippen molar-refractivity contribution >= 4 is 15.9 Å². The van der Waals surface area contributed by atoms with Crippen LogP contribution in [0.5, 0.6) is 5.88 Å². The SMILES string of the molecule is CC(C)c1noc(N2CC3[C@@H](COc4ccc(-c5ccc(S(C)(=O)=O)cc5)cn4)[C@@H]3C2)n1. The highest BCUT2D eigenvalue weighted by Gasteiger charge is 2.56. The van der Waals surface area contributed by atoms with E-state index in [1.165, 1.54) is 6.26 Å². The van der Waals surface area contributed by atoms with Gasteiger partial charge in [-0.3, -0.25) is 0 Å². The van der Waals surface area contributed by atoms with E-state index in [4.69, 9.17) is 9.26 Å². The Kier molecular flexibility index (Phi) is 5.16. The van der Waals surface area contributed by atoms with Crippen LogP contribution in [-0.2, 0) is 9.84 Å². The Hall–Kier alpha value is -2.94. The molecule has 3 heterocycles. The molecule has 0 spiro atoms. The van der Waals surface area contributed by atoms with E-state index in [0.717, 1.165) is 30.0 Å². The van der Waals surface area contributed by atoms with Gasteiger partial charge in [-0.2, -0.15) is 4.98 Å². The lowest BCUT2D eigenvalue weighted by Gasteiger charge is -2.16. The Morgan fingerprint density at radius 2 is 1.78 bits per heavy atom. The molecular weight excluding hydrogens is 428 g/mol. The molecule has 0 radical (unpaired) electrons. The Bertz CT molecular complexity index is 1190. The number of anilines is 1. The van der Waals surface area contributed by atoms with E-state index < -0.39 is 9.84 Å². The van der Waals surface area contributed by atoms with Crippen molar-refractivity contribution in [2.45, 2.75) is 24.7 Å². The fraction of sp³-hybridized carbons (Fsp3) is 0.435. The lowest BCUT2D eigenvalue weighted by Crippen LogP contribution is -2.25. The lowest BCUT2D eigenvalue weighted by atomic mass is 10.1. The summed E-state index contributed by atoms with van der Waals surface area (Å²) in [6, 6.07) is 11.2. The molecule has 3 atom stereocenters. The second-order valence-electron chi connectivity index (χ2n) is 8.98. The van der Waals surface area contributed by atoms with Crippen molar-refractivity contribution in [3.63, 3.8) is 0 Å². The third-order valence-corrected chi connectivity index (χ3v) is 7.49. The van der Waals surface area contributed by atoms with Crippen LogP contribution in [-0.4, -0.2) is 49.5 Å². The minimum atomic E-state index is -3.20. The third-order valence-electron chi connectivity index (χ3n) is 6.37. The zero-order chi connectivity index (χ0) is 22.5. The lowest BCUT2D eigenvalue weighted by molar-refractivity contribution is 0.272. The van der Waals surface area contributed by atoms with Crippen LogP contribution in [0.2, 0.25) is 0 Å². The van der Waals surface area contributed by atoms with Crippen molar-refractivity contribution in [1.82, 2.24) is 15.1 Å². The summed E-state index contributed by atoms with van der Waals surface area (Å²) < 4.78 is 34.6. The molecule has 1 aliphatic heterocycles. The van der Waals surface area contributed by atoms with Gasteiger partial charge in [-0.05, 0) is 35.6 Å². The van der Waals surface area contributed by atoms with Gasteiger partial charge >= 0.3 is 6.01 Å². The zero-order valence-corrected chi connectivity index (χ0v) is 19.1. The third kappa shape index (κ3) is 4.09. The fourth-order valence-corrected chi connectivity index (χ4v) is 4.99. The number of hydrogen-bond donors (Lipinski definition) is 0. The topological polar surface area (TPSA) is 98.4 Å². The van der Waals surface area contributed by atoms with E-state index in [1.807, 2.05) is 12.1 Å². The molecule has 3 aromatic rings. The molecule has 1 aliphatic carbocycles. The largest absolute Gasteiger partial charge is 0.477 e. The van der Waals surface area contributed by atoms with E-state index in [2.05, 4.69) is 33.9 Å². The Labute approximate surface area is 187 Å². The van der Waals surface area contributed by atoms with E-state index in [9.17, 15) is 8.42 Å². The molecule has 32 heavy (non-hydrogen) atoms. The molecule has 1 aromatic carbocycles. The summed E-state index contributed by atoms with van der Waals surface area (Å²) >= 11 is 0. The number of sulfone groups is 1. The van der Waals surface area contributed by atoms with Gasteiger partial charge in [-0.1, -0.05) is 31.1 Å². The Balaban J connectivity index is 1.13. The van der Waals surface area contributed by atoms with E-state index >= 15 is 0 Å². The molecule has 1 saturated carbocycles. The quantitative estimate of drug-likeness (QED) is 0.536. The molecule has 0 amide bonds.